The second-order valence-corrected chi connectivity index (χ2v) is 12.0. The summed E-state index contributed by atoms with van der Waals surface area (Å²) in [6, 6.07) is 9.14. The molecule has 2 nitrogen and oxygen atoms in total. The van der Waals surface area contributed by atoms with Crippen LogP contribution in [0.5, 0.6) is 0 Å². The van der Waals surface area contributed by atoms with Crippen molar-refractivity contribution in [2.75, 3.05) is 13.1 Å². The third kappa shape index (κ3) is 24.2. The van der Waals surface area contributed by atoms with Crippen LogP contribution >= 0.6 is 0 Å². The van der Waals surface area contributed by atoms with Crippen LogP contribution in [0.1, 0.15) is 179 Å². The molecular formula is C36H68N2. The third-order valence-electron chi connectivity index (χ3n) is 8.06. The first-order valence-electron chi connectivity index (χ1n) is 17.4. The maximum Gasteiger partial charge on any atom is 0.0205 e. The van der Waals surface area contributed by atoms with Crippen molar-refractivity contribution in [3.05, 3.63) is 35.4 Å². The molecule has 0 unspecified atom stereocenters. The molecular weight excluding hydrogens is 460 g/mol. The summed E-state index contributed by atoms with van der Waals surface area (Å²) in [6.45, 7) is 8.91. The lowest BCUT2D eigenvalue weighted by Gasteiger charge is -2.09. The first-order valence-corrected chi connectivity index (χ1v) is 17.4. The van der Waals surface area contributed by atoms with Crippen molar-refractivity contribution in [1.82, 2.24) is 10.6 Å². The normalized spacial score (nSPS) is 11.4. The summed E-state index contributed by atoms with van der Waals surface area (Å²) in [4.78, 5) is 0. The summed E-state index contributed by atoms with van der Waals surface area (Å²) in [7, 11) is 0. The highest BCUT2D eigenvalue weighted by molar-refractivity contribution is 5.23. The fraction of sp³-hybridized carbons (Fsp3) is 0.833. The largest absolute Gasteiger partial charge is 0.313 e. The van der Waals surface area contributed by atoms with Gasteiger partial charge in [0.25, 0.3) is 0 Å². The molecule has 0 saturated carbocycles. The lowest BCUT2D eigenvalue weighted by Crippen LogP contribution is -2.16. The minimum absolute atomic E-state index is 1.00. The quantitative estimate of drug-likeness (QED) is 0.0970. The van der Waals surface area contributed by atoms with Crippen LogP contribution in [0.25, 0.3) is 0 Å². The molecule has 0 atom stereocenters. The first kappa shape index (κ1) is 35.2. The van der Waals surface area contributed by atoms with Gasteiger partial charge in [-0.1, -0.05) is 179 Å². The molecule has 0 spiro atoms. The molecule has 222 valence electrons. The molecule has 1 rings (SSSR count). The number of hydrogen-bond acceptors (Lipinski definition) is 2. The first-order chi connectivity index (χ1) is 18.9. The summed E-state index contributed by atoms with van der Waals surface area (Å²) in [5.41, 5.74) is 2.85. The van der Waals surface area contributed by atoms with E-state index in [2.05, 4.69) is 48.7 Å². The second-order valence-electron chi connectivity index (χ2n) is 12.0. The second kappa shape index (κ2) is 29.1. The van der Waals surface area contributed by atoms with Crippen molar-refractivity contribution < 1.29 is 0 Å². The Kier molecular flexibility index (Phi) is 27.0. The van der Waals surface area contributed by atoms with Crippen LogP contribution in [0.15, 0.2) is 24.3 Å². The highest BCUT2D eigenvalue weighted by atomic mass is 14.9. The van der Waals surface area contributed by atoms with E-state index in [1.807, 2.05) is 0 Å². The number of hydrogen-bond donors (Lipinski definition) is 2. The number of nitrogens with one attached hydrogen (secondary N) is 2. The Labute approximate surface area is 239 Å². The maximum atomic E-state index is 3.66. The number of unbranched alkanes of at least 4 members (excludes halogenated alkanes) is 22. The van der Waals surface area contributed by atoms with E-state index in [0.717, 1.165) is 26.2 Å². The van der Waals surface area contributed by atoms with E-state index in [4.69, 9.17) is 0 Å². The Balaban J connectivity index is 1.88. The lowest BCUT2D eigenvalue weighted by molar-refractivity contribution is 0.534. The molecule has 0 saturated heterocycles. The van der Waals surface area contributed by atoms with Crippen molar-refractivity contribution in [2.24, 2.45) is 0 Å². The number of rotatable bonds is 30. The van der Waals surface area contributed by atoms with Crippen molar-refractivity contribution in [1.29, 1.82) is 0 Å². The van der Waals surface area contributed by atoms with E-state index in [-0.39, 0.29) is 0 Å². The molecule has 2 heteroatoms. The summed E-state index contributed by atoms with van der Waals surface area (Å²) in [5, 5.41) is 7.33. The summed E-state index contributed by atoms with van der Waals surface area (Å²) < 4.78 is 0. The monoisotopic (exact) mass is 529 g/mol. The average molecular weight is 529 g/mol. The Morgan fingerprint density at radius 2 is 0.684 bits per heavy atom. The molecule has 0 aliphatic rings. The Hall–Kier alpha value is -0.860. The van der Waals surface area contributed by atoms with Crippen LogP contribution in [0.3, 0.4) is 0 Å². The zero-order valence-electron chi connectivity index (χ0n) is 26.1. The van der Waals surface area contributed by atoms with Gasteiger partial charge in [0.2, 0.25) is 0 Å². The minimum atomic E-state index is 1.00. The van der Waals surface area contributed by atoms with Gasteiger partial charge in [-0.25, -0.2) is 0 Å². The molecule has 0 fully saturated rings. The van der Waals surface area contributed by atoms with Gasteiger partial charge in [0.05, 0.1) is 0 Å². The van der Waals surface area contributed by atoms with E-state index < -0.39 is 0 Å². The Morgan fingerprint density at radius 1 is 0.395 bits per heavy atom. The fourth-order valence-electron chi connectivity index (χ4n) is 5.50. The van der Waals surface area contributed by atoms with Gasteiger partial charge in [0.1, 0.15) is 0 Å². The molecule has 0 aromatic heterocycles. The molecule has 0 amide bonds. The van der Waals surface area contributed by atoms with Gasteiger partial charge in [-0.2, -0.15) is 0 Å². The molecule has 2 N–H and O–H groups in total. The zero-order chi connectivity index (χ0) is 27.2. The predicted octanol–water partition coefficient (Wildman–Crippen LogP) is 11.3. The maximum absolute atomic E-state index is 3.66. The van der Waals surface area contributed by atoms with Gasteiger partial charge in [0, 0.05) is 13.1 Å². The van der Waals surface area contributed by atoms with Crippen molar-refractivity contribution >= 4 is 0 Å². The standard InChI is InChI=1S/C36H68N2/c1-3-5-7-9-11-13-15-17-19-21-23-25-30-37-33-35-28-27-29-36(32-35)34-38-31-26-24-22-20-18-16-14-12-10-8-6-4-2/h27-29,32,37-38H,3-26,30-31,33-34H2,1-2H3. The van der Waals surface area contributed by atoms with E-state index in [1.165, 1.54) is 165 Å². The van der Waals surface area contributed by atoms with Crippen LogP contribution < -0.4 is 10.6 Å². The van der Waals surface area contributed by atoms with Crippen LogP contribution in [-0.4, -0.2) is 13.1 Å². The van der Waals surface area contributed by atoms with Crippen molar-refractivity contribution in [3.8, 4) is 0 Å². The smallest absolute Gasteiger partial charge is 0.0205 e. The van der Waals surface area contributed by atoms with E-state index in [0.29, 0.717) is 0 Å². The summed E-state index contributed by atoms with van der Waals surface area (Å²) in [6.07, 6.45) is 34.1. The van der Waals surface area contributed by atoms with Gasteiger partial charge in [-0.05, 0) is 37.1 Å². The highest BCUT2D eigenvalue weighted by Gasteiger charge is 1.99. The lowest BCUT2D eigenvalue weighted by atomic mass is 10.1. The molecule has 0 aliphatic heterocycles. The zero-order valence-corrected chi connectivity index (χ0v) is 26.1. The van der Waals surface area contributed by atoms with Crippen LogP contribution in [0.4, 0.5) is 0 Å². The molecule has 1 aromatic carbocycles. The van der Waals surface area contributed by atoms with Crippen LogP contribution in [0, 0.1) is 0 Å². The highest BCUT2D eigenvalue weighted by Crippen LogP contribution is 2.13. The van der Waals surface area contributed by atoms with Crippen molar-refractivity contribution in [3.63, 3.8) is 0 Å². The van der Waals surface area contributed by atoms with Gasteiger partial charge in [-0.3, -0.25) is 0 Å². The van der Waals surface area contributed by atoms with Gasteiger partial charge >= 0.3 is 0 Å². The number of benzene rings is 1. The van der Waals surface area contributed by atoms with Crippen LogP contribution in [-0.2, 0) is 13.1 Å². The predicted molar refractivity (Wildman–Crippen MR) is 172 cm³/mol. The average Bonchev–Trinajstić information content (AvgIpc) is 2.93. The van der Waals surface area contributed by atoms with Gasteiger partial charge in [0.15, 0.2) is 0 Å². The minimum Gasteiger partial charge on any atom is -0.313 e. The van der Waals surface area contributed by atoms with Gasteiger partial charge < -0.3 is 10.6 Å². The molecule has 0 aliphatic carbocycles. The molecule has 38 heavy (non-hydrogen) atoms. The molecule has 0 radical (unpaired) electrons. The summed E-state index contributed by atoms with van der Waals surface area (Å²) in [5.74, 6) is 0. The topological polar surface area (TPSA) is 24.1 Å². The van der Waals surface area contributed by atoms with Gasteiger partial charge in [-0.15, -0.1) is 0 Å². The molecule has 0 heterocycles. The summed E-state index contributed by atoms with van der Waals surface area (Å²) >= 11 is 0. The molecule has 1 aromatic rings. The van der Waals surface area contributed by atoms with E-state index >= 15 is 0 Å². The van der Waals surface area contributed by atoms with E-state index in [1.54, 1.807) is 0 Å². The van der Waals surface area contributed by atoms with E-state index in [9.17, 15) is 0 Å². The Morgan fingerprint density at radius 3 is 1.00 bits per heavy atom. The van der Waals surface area contributed by atoms with Crippen LogP contribution in [0.2, 0.25) is 0 Å². The Bertz CT molecular complexity index is 537. The van der Waals surface area contributed by atoms with Crippen molar-refractivity contribution in [2.45, 2.75) is 181 Å². The fourth-order valence-corrected chi connectivity index (χ4v) is 5.50. The SMILES string of the molecule is CCCCCCCCCCCCCCNCc1cccc(CNCCCCCCCCCCCCCC)c1. The molecule has 0 bridgehead atoms. The third-order valence-corrected chi connectivity index (χ3v) is 8.06.